The van der Waals surface area contributed by atoms with Crippen LogP contribution in [-0.2, 0) is 0 Å². The number of hydrogen-bond acceptors (Lipinski definition) is 2. The van der Waals surface area contributed by atoms with E-state index in [4.69, 9.17) is 16.3 Å². The lowest BCUT2D eigenvalue weighted by atomic mass is 10.1. The Labute approximate surface area is 117 Å². The number of halogens is 2. The van der Waals surface area contributed by atoms with Crippen LogP contribution in [0.3, 0.4) is 0 Å². The fourth-order valence-corrected chi connectivity index (χ4v) is 2.72. The third-order valence-electron chi connectivity index (χ3n) is 3.44. The number of alkyl halides is 1. The van der Waals surface area contributed by atoms with E-state index in [0.29, 0.717) is 18.0 Å². The van der Waals surface area contributed by atoms with Gasteiger partial charge in [0, 0.05) is 17.5 Å². The number of hydrogen-bond donors (Lipinski definition) is 1. The molecule has 1 saturated carbocycles. The predicted molar refractivity (Wildman–Crippen MR) is 72.3 cm³/mol. The van der Waals surface area contributed by atoms with Crippen molar-refractivity contribution >= 4 is 17.5 Å². The van der Waals surface area contributed by atoms with Crippen molar-refractivity contribution in [2.45, 2.75) is 24.6 Å². The highest BCUT2D eigenvalue weighted by Crippen LogP contribution is 2.28. The van der Waals surface area contributed by atoms with Gasteiger partial charge in [-0.1, -0.05) is 0 Å². The van der Waals surface area contributed by atoms with Gasteiger partial charge in [0.05, 0.1) is 7.11 Å². The first-order valence-corrected chi connectivity index (χ1v) is 6.79. The molecule has 1 aliphatic rings. The average Bonchev–Trinajstić information content (AvgIpc) is 2.81. The Hall–Kier alpha value is -1.29. The second-order valence-corrected chi connectivity index (χ2v) is 5.45. The van der Waals surface area contributed by atoms with Gasteiger partial charge in [-0.2, -0.15) is 0 Å². The molecule has 0 spiro atoms. The van der Waals surface area contributed by atoms with Crippen LogP contribution >= 0.6 is 11.6 Å². The van der Waals surface area contributed by atoms with Gasteiger partial charge in [0.15, 0.2) is 11.6 Å². The maximum atomic E-state index is 13.5. The maximum absolute atomic E-state index is 13.5. The molecule has 2 unspecified atom stereocenters. The van der Waals surface area contributed by atoms with E-state index < -0.39 is 5.82 Å². The van der Waals surface area contributed by atoms with Crippen molar-refractivity contribution in [3.63, 3.8) is 0 Å². The molecule has 1 aliphatic carbocycles. The molecule has 2 atom stereocenters. The number of benzene rings is 1. The van der Waals surface area contributed by atoms with Crippen molar-refractivity contribution in [2.75, 3.05) is 13.7 Å². The average molecular weight is 286 g/mol. The van der Waals surface area contributed by atoms with E-state index in [1.54, 1.807) is 6.07 Å². The summed E-state index contributed by atoms with van der Waals surface area (Å²) in [6.07, 6.45) is 2.96. The molecule has 2 rings (SSSR count). The van der Waals surface area contributed by atoms with Crippen LogP contribution in [0.15, 0.2) is 18.2 Å². The molecule has 1 fully saturated rings. The molecule has 1 aromatic rings. The first-order valence-electron chi connectivity index (χ1n) is 6.36. The van der Waals surface area contributed by atoms with Crippen LogP contribution in [0.5, 0.6) is 5.75 Å². The van der Waals surface area contributed by atoms with Gasteiger partial charge in [0.1, 0.15) is 0 Å². The highest BCUT2D eigenvalue weighted by atomic mass is 35.5. The van der Waals surface area contributed by atoms with Crippen LogP contribution in [-0.4, -0.2) is 24.9 Å². The molecule has 5 heteroatoms. The van der Waals surface area contributed by atoms with E-state index in [2.05, 4.69) is 5.32 Å². The van der Waals surface area contributed by atoms with Gasteiger partial charge >= 0.3 is 0 Å². The molecule has 1 aromatic carbocycles. The molecule has 0 bridgehead atoms. The largest absolute Gasteiger partial charge is 0.494 e. The van der Waals surface area contributed by atoms with Crippen molar-refractivity contribution in [3.8, 4) is 5.75 Å². The summed E-state index contributed by atoms with van der Waals surface area (Å²) in [5.74, 6) is -0.233. The molecule has 0 heterocycles. The number of amides is 1. The molecular weight excluding hydrogens is 269 g/mol. The Morgan fingerprint density at radius 1 is 1.53 bits per heavy atom. The standard InChI is InChI=1S/C14H17ClFNO2/c1-19-13-5-3-10(7-12(13)16)14(18)17-8-9-2-4-11(15)6-9/h3,5,7,9,11H,2,4,6,8H2,1H3,(H,17,18). The summed E-state index contributed by atoms with van der Waals surface area (Å²) in [4.78, 5) is 11.9. The summed E-state index contributed by atoms with van der Waals surface area (Å²) in [7, 11) is 1.39. The summed E-state index contributed by atoms with van der Waals surface area (Å²) in [6, 6.07) is 4.19. The molecule has 0 aliphatic heterocycles. The number of nitrogens with one attached hydrogen (secondary N) is 1. The van der Waals surface area contributed by atoms with Crippen LogP contribution < -0.4 is 10.1 Å². The van der Waals surface area contributed by atoms with Crippen LogP contribution in [0.1, 0.15) is 29.6 Å². The SMILES string of the molecule is COc1ccc(C(=O)NCC2CCC(Cl)C2)cc1F. The van der Waals surface area contributed by atoms with Crippen molar-refractivity contribution in [1.29, 1.82) is 0 Å². The number of rotatable bonds is 4. The van der Waals surface area contributed by atoms with Crippen molar-refractivity contribution in [1.82, 2.24) is 5.32 Å². The second kappa shape index (κ2) is 6.24. The Morgan fingerprint density at radius 3 is 2.89 bits per heavy atom. The van der Waals surface area contributed by atoms with E-state index in [1.807, 2.05) is 0 Å². The Bertz CT molecular complexity index is 467. The molecule has 3 nitrogen and oxygen atoms in total. The van der Waals surface area contributed by atoms with E-state index in [0.717, 1.165) is 19.3 Å². The monoisotopic (exact) mass is 285 g/mol. The van der Waals surface area contributed by atoms with Gasteiger partial charge in [-0.05, 0) is 43.4 Å². The summed E-state index contributed by atoms with van der Waals surface area (Å²) < 4.78 is 18.3. The maximum Gasteiger partial charge on any atom is 0.251 e. The van der Waals surface area contributed by atoms with Gasteiger partial charge in [0.2, 0.25) is 0 Å². The summed E-state index contributed by atoms with van der Waals surface area (Å²) >= 11 is 6.02. The Kier molecular flexibility index (Phi) is 4.64. The molecule has 0 radical (unpaired) electrons. The highest BCUT2D eigenvalue weighted by Gasteiger charge is 2.23. The predicted octanol–water partition coefficient (Wildman–Crippen LogP) is 2.97. The minimum Gasteiger partial charge on any atom is -0.494 e. The normalized spacial score (nSPS) is 22.3. The molecule has 19 heavy (non-hydrogen) atoms. The number of ether oxygens (including phenoxy) is 1. The quantitative estimate of drug-likeness (QED) is 0.864. The molecule has 1 N–H and O–H groups in total. The Morgan fingerprint density at radius 2 is 2.32 bits per heavy atom. The second-order valence-electron chi connectivity index (χ2n) is 4.84. The third kappa shape index (κ3) is 3.60. The lowest BCUT2D eigenvalue weighted by Crippen LogP contribution is -2.28. The first-order chi connectivity index (χ1) is 9.10. The van der Waals surface area contributed by atoms with Crippen LogP contribution in [0.25, 0.3) is 0 Å². The van der Waals surface area contributed by atoms with Crippen molar-refractivity contribution < 1.29 is 13.9 Å². The molecule has 0 aromatic heterocycles. The van der Waals surface area contributed by atoms with E-state index in [9.17, 15) is 9.18 Å². The van der Waals surface area contributed by atoms with E-state index in [-0.39, 0.29) is 17.0 Å². The Balaban J connectivity index is 1.91. The molecule has 104 valence electrons. The number of carbonyl (C=O) groups is 1. The van der Waals surface area contributed by atoms with Gasteiger partial charge in [-0.15, -0.1) is 11.6 Å². The van der Waals surface area contributed by atoms with E-state index >= 15 is 0 Å². The first kappa shape index (κ1) is 14.1. The zero-order valence-electron chi connectivity index (χ0n) is 10.8. The van der Waals surface area contributed by atoms with Gasteiger partial charge in [-0.3, -0.25) is 4.79 Å². The molecule has 1 amide bonds. The number of methoxy groups -OCH3 is 1. The lowest BCUT2D eigenvalue weighted by Gasteiger charge is -2.11. The third-order valence-corrected chi connectivity index (χ3v) is 3.84. The van der Waals surface area contributed by atoms with Gasteiger partial charge in [0.25, 0.3) is 5.91 Å². The molecule has 0 saturated heterocycles. The minimum atomic E-state index is -0.531. The molecular formula is C14H17ClFNO2. The van der Waals surface area contributed by atoms with Gasteiger partial charge < -0.3 is 10.1 Å². The fraction of sp³-hybridized carbons (Fsp3) is 0.500. The smallest absolute Gasteiger partial charge is 0.251 e. The van der Waals surface area contributed by atoms with Crippen LogP contribution in [0.2, 0.25) is 0 Å². The van der Waals surface area contributed by atoms with E-state index in [1.165, 1.54) is 19.2 Å². The fourth-order valence-electron chi connectivity index (χ4n) is 2.35. The summed E-state index contributed by atoms with van der Waals surface area (Å²) in [6.45, 7) is 0.593. The zero-order chi connectivity index (χ0) is 13.8. The minimum absolute atomic E-state index is 0.136. The summed E-state index contributed by atoms with van der Waals surface area (Å²) in [5.41, 5.74) is 0.304. The van der Waals surface area contributed by atoms with Crippen LogP contribution in [0, 0.1) is 11.7 Å². The van der Waals surface area contributed by atoms with Gasteiger partial charge in [-0.25, -0.2) is 4.39 Å². The number of carbonyl (C=O) groups excluding carboxylic acids is 1. The lowest BCUT2D eigenvalue weighted by molar-refractivity contribution is 0.0947. The topological polar surface area (TPSA) is 38.3 Å². The summed E-state index contributed by atoms with van der Waals surface area (Å²) in [5, 5.41) is 3.04. The van der Waals surface area contributed by atoms with Crippen LogP contribution in [0.4, 0.5) is 4.39 Å². The zero-order valence-corrected chi connectivity index (χ0v) is 11.5. The highest BCUT2D eigenvalue weighted by molar-refractivity contribution is 6.20. The van der Waals surface area contributed by atoms with Crippen molar-refractivity contribution in [2.24, 2.45) is 5.92 Å². The van der Waals surface area contributed by atoms with Crippen molar-refractivity contribution in [3.05, 3.63) is 29.6 Å².